The molecule has 0 fully saturated rings. The molecule has 3 aromatic rings. The van der Waals surface area contributed by atoms with Gasteiger partial charge in [-0.1, -0.05) is 0 Å². The molecule has 0 saturated carbocycles. The fourth-order valence-electron chi connectivity index (χ4n) is 2.82. The Bertz CT molecular complexity index is 803. The van der Waals surface area contributed by atoms with Gasteiger partial charge in [-0.05, 0) is 0 Å². The molecule has 3 rings (SSSR count). The predicted molar refractivity (Wildman–Crippen MR) is 106 cm³/mol. The Morgan fingerprint density at radius 3 is 1.92 bits per heavy atom. The molecular formula is C22H21NOSe. The summed E-state index contributed by atoms with van der Waals surface area (Å²) >= 11 is 0.217. The van der Waals surface area contributed by atoms with Crippen LogP contribution in [0.1, 0.15) is 24.1 Å². The minimum absolute atomic E-state index is 0.193. The molecule has 126 valence electrons. The second-order valence-corrected chi connectivity index (χ2v) is 8.93. The number of hydrogen-bond donors (Lipinski definition) is 0. The Morgan fingerprint density at radius 2 is 1.32 bits per heavy atom. The quantitative estimate of drug-likeness (QED) is 0.202. The van der Waals surface area contributed by atoms with Crippen LogP contribution >= 0.6 is 0 Å². The molecule has 0 N–H and O–H groups in total. The topological polar surface area (TPSA) is 26.1 Å². The average Bonchev–Trinajstić information content (AvgIpc) is 2.64. The molecule has 3 heteroatoms. The normalized spacial score (nSPS) is 14.0. The predicted octanol–water partition coefficient (Wildman–Crippen LogP) is 4.20. The van der Waals surface area contributed by atoms with E-state index in [0.29, 0.717) is 0 Å². The Hall–Kier alpha value is -2.35. The number of hydroxylamine groups is 1. The third kappa shape index (κ3) is 4.82. The zero-order valence-corrected chi connectivity index (χ0v) is 15.9. The zero-order chi connectivity index (χ0) is 17.5. The van der Waals surface area contributed by atoms with Crippen molar-refractivity contribution in [2.24, 2.45) is 0 Å². The van der Waals surface area contributed by atoms with Crippen LogP contribution < -0.4 is 4.46 Å². The van der Waals surface area contributed by atoms with Crippen molar-refractivity contribution in [2.75, 3.05) is 0 Å². The molecule has 0 spiro atoms. The van der Waals surface area contributed by atoms with Crippen molar-refractivity contribution in [3.05, 3.63) is 107 Å². The van der Waals surface area contributed by atoms with Crippen molar-refractivity contribution in [1.82, 2.24) is 0 Å². The van der Waals surface area contributed by atoms with E-state index < -0.39 is 0 Å². The van der Waals surface area contributed by atoms with E-state index in [-0.39, 0.29) is 25.8 Å². The summed E-state index contributed by atoms with van der Waals surface area (Å²) in [5.74, 6) is 0. The summed E-state index contributed by atoms with van der Waals surface area (Å²) in [5, 5.41) is 13.0. The number of benzene rings is 3. The standard InChI is InChI=1S/C22H21NOSe/c1-18(25-21-15-9-4-10-16-21)22(20-13-7-3-8-14-20)23(24)17-19-11-5-2-6-12-19/h2-18,22H,1H3/b23-17-. The molecule has 0 heterocycles. The van der Waals surface area contributed by atoms with Crippen LogP contribution in [0.3, 0.4) is 0 Å². The molecule has 0 radical (unpaired) electrons. The molecule has 0 aromatic heterocycles. The van der Waals surface area contributed by atoms with Crippen molar-refractivity contribution in [2.45, 2.75) is 17.8 Å². The Labute approximate surface area is 155 Å². The Morgan fingerprint density at radius 1 is 0.800 bits per heavy atom. The number of rotatable bonds is 6. The van der Waals surface area contributed by atoms with Gasteiger partial charge in [-0.3, -0.25) is 0 Å². The summed E-state index contributed by atoms with van der Waals surface area (Å²) < 4.78 is 2.44. The fraction of sp³-hybridized carbons (Fsp3) is 0.136. The van der Waals surface area contributed by atoms with Gasteiger partial charge in [0.2, 0.25) is 0 Å². The molecule has 25 heavy (non-hydrogen) atoms. The van der Waals surface area contributed by atoms with Crippen molar-refractivity contribution in [3.8, 4) is 0 Å². The van der Waals surface area contributed by atoms with E-state index in [1.807, 2.05) is 66.7 Å². The minimum atomic E-state index is -0.193. The zero-order valence-electron chi connectivity index (χ0n) is 14.2. The van der Waals surface area contributed by atoms with E-state index in [0.717, 1.165) is 15.9 Å². The van der Waals surface area contributed by atoms with Gasteiger partial charge in [-0.15, -0.1) is 0 Å². The van der Waals surface area contributed by atoms with Gasteiger partial charge in [-0.2, -0.15) is 0 Å². The van der Waals surface area contributed by atoms with Gasteiger partial charge in [0, 0.05) is 0 Å². The first-order valence-electron chi connectivity index (χ1n) is 8.36. The summed E-state index contributed by atoms with van der Waals surface area (Å²) in [5.41, 5.74) is 1.99. The van der Waals surface area contributed by atoms with E-state index in [9.17, 15) is 5.21 Å². The number of hydrogen-bond acceptors (Lipinski definition) is 1. The van der Waals surface area contributed by atoms with E-state index in [2.05, 4.69) is 31.2 Å². The van der Waals surface area contributed by atoms with Crippen LogP contribution in [-0.4, -0.2) is 25.9 Å². The molecule has 2 unspecified atom stereocenters. The van der Waals surface area contributed by atoms with Crippen LogP contribution in [0, 0.1) is 5.21 Å². The molecule has 2 atom stereocenters. The first-order chi connectivity index (χ1) is 12.2. The van der Waals surface area contributed by atoms with Crippen LogP contribution in [0.15, 0.2) is 91.0 Å². The second-order valence-electron chi connectivity index (χ2n) is 5.89. The van der Waals surface area contributed by atoms with Gasteiger partial charge >= 0.3 is 155 Å². The van der Waals surface area contributed by atoms with E-state index >= 15 is 0 Å². The van der Waals surface area contributed by atoms with Gasteiger partial charge < -0.3 is 0 Å². The van der Waals surface area contributed by atoms with Crippen molar-refractivity contribution >= 4 is 25.6 Å². The summed E-state index contributed by atoms with van der Waals surface area (Å²) in [4.78, 5) is 0.245. The van der Waals surface area contributed by atoms with Gasteiger partial charge in [0.05, 0.1) is 0 Å². The van der Waals surface area contributed by atoms with Crippen molar-refractivity contribution in [1.29, 1.82) is 0 Å². The van der Waals surface area contributed by atoms with Crippen molar-refractivity contribution < 1.29 is 4.74 Å². The van der Waals surface area contributed by atoms with Gasteiger partial charge in [0.25, 0.3) is 0 Å². The Balaban J connectivity index is 1.91. The molecular weight excluding hydrogens is 373 g/mol. The summed E-state index contributed by atoms with van der Waals surface area (Å²) in [7, 11) is 0. The Kier molecular flexibility index (Phi) is 6.05. The third-order valence-electron chi connectivity index (χ3n) is 4.00. The van der Waals surface area contributed by atoms with Gasteiger partial charge in [0.15, 0.2) is 0 Å². The average molecular weight is 394 g/mol. The van der Waals surface area contributed by atoms with Crippen LogP contribution in [0.2, 0.25) is 4.82 Å². The molecule has 0 saturated heterocycles. The SMILES string of the molecule is CC([Se]c1ccccc1)C(c1ccccc1)/[N+]([O-])=C/c1ccccc1. The molecule has 0 amide bonds. The fourth-order valence-corrected chi connectivity index (χ4v) is 5.23. The molecule has 0 aliphatic rings. The summed E-state index contributed by atoms with van der Waals surface area (Å²) in [6.45, 7) is 2.17. The molecule has 2 nitrogen and oxygen atoms in total. The van der Waals surface area contributed by atoms with E-state index in [4.69, 9.17) is 0 Å². The number of nitrogens with zero attached hydrogens (tertiary/aromatic N) is 1. The molecule has 0 bridgehead atoms. The van der Waals surface area contributed by atoms with E-state index in [1.54, 1.807) is 6.21 Å². The summed E-state index contributed by atoms with van der Waals surface area (Å²) in [6, 6.07) is 30.1. The molecule has 0 aliphatic carbocycles. The van der Waals surface area contributed by atoms with Gasteiger partial charge in [0.1, 0.15) is 0 Å². The van der Waals surface area contributed by atoms with Crippen LogP contribution in [-0.2, 0) is 0 Å². The van der Waals surface area contributed by atoms with Crippen molar-refractivity contribution in [3.63, 3.8) is 0 Å². The maximum absolute atomic E-state index is 13.0. The van der Waals surface area contributed by atoms with Crippen LogP contribution in [0.5, 0.6) is 0 Å². The maximum atomic E-state index is 13.0. The first kappa shape index (κ1) is 17.5. The van der Waals surface area contributed by atoms with Crippen LogP contribution in [0.25, 0.3) is 0 Å². The second kappa shape index (κ2) is 8.66. The van der Waals surface area contributed by atoms with Crippen LogP contribution in [0.4, 0.5) is 0 Å². The van der Waals surface area contributed by atoms with Gasteiger partial charge in [-0.25, -0.2) is 0 Å². The first-order valence-corrected chi connectivity index (χ1v) is 10.2. The monoisotopic (exact) mass is 395 g/mol. The molecule has 0 aliphatic heterocycles. The third-order valence-corrected chi connectivity index (χ3v) is 6.46. The summed E-state index contributed by atoms with van der Waals surface area (Å²) in [6.07, 6.45) is 1.70. The molecule has 3 aromatic carbocycles. The van der Waals surface area contributed by atoms with E-state index in [1.165, 1.54) is 4.46 Å².